The monoisotopic (exact) mass is 280 g/mol. The number of hydrogen-bond acceptors (Lipinski definition) is 2. The molecule has 3 N–H and O–H groups in total. The molecule has 1 aromatic rings. The van der Waals surface area contributed by atoms with Crippen LogP contribution in [0.15, 0.2) is 24.3 Å². The summed E-state index contributed by atoms with van der Waals surface area (Å²) in [5, 5.41) is 3.69. The van der Waals surface area contributed by atoms with Crippen LogP contribution in [-0.2, 0) is 11.3 Å². The van der Waals surface area contributed by atoms with Crippen molar-refractivity contribution < 1.29 is 4.79 Å². The summed E-state index contributed by atoms with van der Waals surface area (Å²) in [6, 6.07) is 7.50. The number of halogens is 1. The second-order valence-corrected chi connectivity index (χ2v) is 6.08. The number of nitrogens with one attached hydrogen (secondary N) is 1. The summed E-state index contributed by atoms with van der Waals surface area (Å²) in [5.41, 5.74) is 6.91. The van der Waals surface area contributed by atoms with Gasteiger partial charge in [-0.2, -0.15) is 0 Å². The van der Waals surface area contributed by atoms with Crippen LogP contribution in [0.5, 0.6) is 0 Å². The van der Waals surface area contributed by atoms with Crippen LogP contribution in [0.3, 0.4) is 0 Å². The summed E-state index contributed by atoms with van der Waals surface area (Å²) in [7, 11) is 0. The highest BCUT2D eigenvalue weighted by molar-refractivity contribution is 6.30. The summed E-state index contributed by atoms with van der Waals surface area (Å²) in [4.78, 5) is 12.2. The number of amides is 1. The lowest BCUT2D eigenvalue weighted by Crippen LogP contribution is -2.52. The van der Waals surface area contributed by atoms with Gasteiger partial charge in [0.25, 0.3) is 0 Å². The number of benzene rings is 1. The SMILES string of the molecule is CC1(N)CCCCC1C(=O)NCc1ccc(Cl)cc1. The fraction of sp³-hybridized carbons (Fsp3) is 0.533. The standard InChI is InChI=1S/C15H21ClN2O/c1-15(17)9-3-2-4-13(15)14(19)18-10-11-5-7-12(16)8-6-11/h5-8,13H,2-4,9-10,17H2,1H3,(H,18,19). The van der Waals surface area contributed by atoms with E-state index in [1.165, 1.54) is 0 Å². The van der Waals surface area contributed by atoms with Crippen molar-refractivity contribution in [1.82, 2.24) is 5.32 Å². The van der Waals surface area contributed by atoms with Gasteiger partial charge in [0.2, 0.25) is 5.91 Å². The van der Waals surface area contributed by atoms with Crippen LogP contribution in [0.4, 0.5) is 0 Å². The van der Waals surface area contributed by atoms with E-state index >= 15 is 0 Å². The Bertz CT molecular complexity index is 442. The number of carbonyl (C=O) groups is 1. The predicted octanol–water partition coefficient (Wildman–Crippen LogP) is 2.86. The topological polar surface area (TPSA) is 55.1 Å². The first-order chi connectivity index (χ1) is 8.99. The highest BCUT2D eigenvalue weighted by Gasteiger charge is 2.37. The zero-order chi connectivity index (χ0) is 13.9. The molecule has 1 saturated carbocycles. The molecule has 19 heavy (non-hydrogen) atoms. The van der Waals surface area contributed by atoms with E-state index < -0.39 is 0 Å². The van der Waals surface area contributed by atoms with E-state index in [1.54, 1.807) is 0 Å². The molecule has 2 atom stereocenters. The summed E-state index contributed by atoms with van der Waals surface area (Å²) < 4.78 is 0. The van der Waals surface area contributed by atoms with Gasteiger partial charge in [-0.3, -0.25) is 4.79 Å². The average Bonchev–Trinajstić information content (AvgIpc) is 2.37. The van der Waals surface area contributed by atoms with Crippen molar-refractivity contribution in [1.29, 1.82) is 0 Å². The Morgan fingerprint density at radius 3 is 2.74 bits per heavy atom. The third-order valence-corrected chi connectivity index (χ3v) is 4.20. The number of hydrogen-bond donors (Lipinski definition) is 2. The lowest BCUT2D eigenvalue weighted by atomic mass is 9.74. The molecule has 3 nitrogen and oxygen atoms in total. The lowest BCUT2D eigenvalue weighted by Gasteiger charge is -2.37. The molecule has 0 heterocycles. The fourth-order valence-corrected chi connectivity index (χ4v) is 2.83. The first-order valence-electron chi connectivity index (χ1n) is 6.80. The Labute approximate surface area is 119 Å². The van der Waals surface area contributed by atoms with Crippen LogP contribution in [0.25, 0.3) is 0 Å². The smallest absolute Gasteiger partial charge is 0.225 e. The van der Waals surface area contributed by atoms with Crippen molar-refractivity contribution >= 4 is 17.5 Å². The maximum atomic E-state index is 12.2. The van der Waals surface area contributed by atoms with Crippen LogP contribution >= 0.6 is 11.6 Å². The molecule has 0 aromatic heterocycles. The van der Waals surface area contributed by atoms with Crippen molar-refractivity contribution in [3.8, 4) is 0 Å². The summed E-state index contributed by atoms with van der Waals surface area (Å²) in [6.45, 7) is 2.52. The van der Waals surface area contributed by atoms with E-state index in [0.717, 1.165) is 31.2 Å². The maximum Gasteiger partial charge on any atom is 0.225 e. The molecule has 4 heteroatoms. The van der Waals surface area contributed by atoms with Gasteiger partial charge in [0.1, 0.15) is 0 Å². The molecule has 0 radical (unpaired) electrons. The zero-order valence-corrected chi connectivity index (χ0v) is 12.0. The van der Waals surface area contributed by atoms with Crippen LogP contribution in [0, 0.1) is 5.92 Å². The third-order valence-electron chi connectivity index (χ3n) is 3.95. The Morgan fingerprint density at radius 1 is 1.42 bits per heavy atom. The summed E-state index contributed by atoms with van der Waals surface area (Å²) >= 11 is 5.83. The molecular weight excluding hydrogens is 260 g/mol. The minimum atomic E-state index is -0.373. The second-order valence-electron chi connectivity index (χ2n) is 5.65. The Hall–Kier alpha value is -1.06. The number of nitrogens with two attached hydrogens (primary N) is 1. The molecule has 1 aliphatic rings. The molecule has 1 amide bonds. The van der Waals surface area contributed by atoms with Crippen LogP contribution in [0.1, 0.15) is 38.2 Å². The molecule has 0 saturated heterocycles. The van der Waals surface area contributed by atoms with E-state index in [-0.39, 0.29) is 17.4 Å². The van der Waals surface area contributed by atoms with E-state index in [4.69, 9.17) is 17.3 Å². The van der Waals surface area contributed by atoms with Crippen LogP contribution in [-0.4, -0.2) is 11.4 Å². The fourth-order valence-electron chi connectivity index (χ4n) is 2.70. The van der Waals surface area contributed by atoms with E-state index in [2.05, 4.69) is 5.32 Å². The van der Waals surface area contributed by atoms with Crippen molar-refractivity contribution in [2.24, 2.45) is 11.7 Å². The Balaban J connectivity index is 1.92. The Kier molecular flexibility index (Phi) is 4.48. The van der Waals surface area contributed by atoms with Crippen LogP contribution < -0.4 is 11.1 Å². The minimum absolute atomic E-state index is 0.0691. The van der Waals surface area contributed by atoms with Crippen LogP contribution in [0.2, 0.25) is 5.02 Å². The highest BCUT2D eigenvalue weighted by atomic mass is 35.5. The van der Waals surface area contributed by atoms with Crippen molar-refractivity contribution in [2.45, 2.75) is 44.7 Å². The first-order valence-corrected chi connectivity index (χ1v) is 7.18. The molecule has 2 rings (SSSR count). The van der Waals surface area contributed by atoms with Gasteiger partial charge in [-0.15, -0.1) is 0 Å². The number of rotatable bonds is 3. The van der Waals surface area contributed by atoms with E-state index in [1.807, 2.05) is 31.2 Å². The van der Waals surface area contributed by atoms with Crippen molar-refractivity contribution in [2.75, 3.05) is 0 Å². The maximum absolute atomic E-state index is 12.2. The largest absolute Gasteiger partial charge is 0.352 e. The molecular formula is C15H21ClN2O. The quantitative estimate of drug-likeness (QED) is 0.894. The normalized spacial score (nSPS) is 27.0. The predicted molar refractivity (Wildman–Crippen MR) is 77.8 cm³/mol. The van der Waals surface area contributed by atoms with Gasteiger partial charge in [-0.1, -0.05) is 36.6 Å². The highest BCUT2D eigenvalue weighted by Crippen LogP contribution is 2.31. The lowest BCUT2D eigenvalue weighted by molar-refractivity contribution is -0.128. The van der Waals surface area contributed by atoms with E-state index in [9.17, 15) is 4.79 Å². The zero-order valence-electron chi connectivity index (χ0n) is 11.3. The second kappa shape index (κ2) is 5.93. The van der Waals surface area contributed by atoms with Gasteiger partial charge in [0, 0.05) is 17.1 Å². The van der Waals surface area contributed by atoms with Gasteiger partial charge in [-0.05, 0) is 37.5 Å². The van der Waals surface area contributed by atoms with Gasteiger partial charge in [-0.25, -0.2) is 0 Å². The molecule has 1 aromatic carbocycles. The third kappa shape index (κ3) is 3.71. The van der Waals surface area contributed by atoms with Crippen molar-refractivity contribution in [3.05, 3.63) is 34.9 Å². The molecule has 1 aliphatic carbocycles. The molecule has 0 aliphatic heterocycles. The van der Waals surface area contributed by atoms with Gasteiger partial charge in [0.05, 0.1) is 5.92 Å². The molecule has 1 fully saturated rings. The molecule has 0 bridgehead atoms. The van der Waals surface area contributed by atoms with Crippen molar-refractivity contribution in [3.63, 3.8) is 0 Å². The van der Waals surface area contributed by atoms with Gasteiger partial charge in [0.15, 0.2) is 0 Å². The van der Waals surface area contributed by atoms with E-state index in [0.29, 0.717) is 11.6 Å². The summed E-state index contributed by atoms with van der Waals surface area (Å²) in [5.74, 6) is -0.00630. The molecule has 104 valence electrons. The average molecular weight is 281 g/mol. The first kappa shape index (κ1) is 14.4. The molecule has 0 spiro atoms. The molecule has 2 unspecified atom stereocenters. The summed E-state index contributed by atoms with van der Waals surface area (Å²) in [6.07, 6.45) is 4.02. The van der Waals surface area contributed by atoms with Gasteiger partial charge < -0.3 is 11.1 Å². The number of carbonyl (C=O) groups excluding carboxylic acids is 1. The van der Waals surface area contributed by atoms with Gasteiger partial charge >= 0.3 is 0 Å². The Morgan fingerprint density at radius 2 is 2.11 bits per heavy atom. The minimum Gasteiger partial charge on any atom is -0.352 e.